The monoisotopic (exact) mass is 394 g/mol. The van der Waals surface area contributed by atoms with E-state index in [4.69, 9.17) is 0 Å². The Hall–Kier alpha value is -3.32. The second-order valence-corrected chi connectivity index (χ2v) is 7.23. The smallest absolute Gasteiger partial charge is 0.290 e. The van der Waals surface area contributed by atoms with Crippen LogP contribution in [0.1, 0.15) is 26.8 Å². The van der Waals surface area contributed by atoms with Crippen molar-refractivity contribution in [3.63, 3.8) is 0 Å². The highest BCUT2D eigenvalue weighted by Gasteiger charge is 2.44. The van der Waals surface area contributed by atoms with Crippen molar-refractivity contribution in [2.75, 3.05) is 0 Å². The Bertz CT molecular complexity index is 1060. The van der Waals surface area contributed by atoms with E-state index in [1.165, 1.54) is 34.4 Å². The minimum Gasteiger partial charge on any atom is -0.503 e. The van der Waals surface area contributed by atoms with Gasteiger partial charge >= 0.3 is 0 Å². The lowest BCUT2D eigenvalue weighted by Gasteiger charge is -2.27. The lowest BCUT2D eigenvalue weighted by atomic mass is 9.95. The Labute approximate surface area is 164 Å². The molecule has 1 N–H and O–H groups in total. The third-order valence-corrected chi connectivity index (χ3v) is 5.44. The van der Waals surface area contributed by atoms with Crippen molar-refractivity contribution >= 4 is 23.0 Å². The van der Waals surface area contributed by atoms with Crippen LogP contribution in [-0.2, 0) is 11.3 Å². The van der Waals surface area contributed by atoms with E-state index in [2.05, 4.69) is 4.98 Å². The van der Waals surface area contributed by atoms with E-state index >= 15 is 0 Å². The molecular weight excluding hydrogens is 379 g/mol. The van der Waals surface area contributed by atoms with Gasteiger partial charge < -0.3 is 10.0 Å². The number of thiophene rings is 1. The number of hydrogen-bond acceptors (Lipinski definition) is 5. The number of ketones is 1. The zero-order chi connectivity index (χ0) is 19.7. The molecule has 7 heteroatoms. The summed E-state index contributed by atoms with van der Waals surface area (Å²) in [6, 6.07) is 11.7. The maximum absolute atomic E-state index is 14.6. The predicted molar refractivity (Wildman–Crippen MR) is 102 cm³/mol. The van der Waals surface area contributed by atoms with Gasteiger partial charge in [-0.3, -0.25) is 14.6 Å². The second kappa shape index (κ2) is 7.36. The highest BCUT2D eigenvalue weighted by atomic mass is 32.1. The second-order valence-electron chi connectivity index (χ2n) is 6.29. The molecule has 4 rings (SSSR count). The topological polar surface area (TPSA) is 70.5 Å². The van der Waals surface area contributed by atoms with E-state index in [1.807, 2.05) is 0 Å². The van der Waals surface area contributed by atoms with Crippen LogP contribution in [0.2, 0.25) is 0 Å². The van der Waals surface area contributed by atoms with Gasteiger partial charge in [-0.1, -0.05) is 30.3 Å². The van der Waals surface area contributed by atoms with Crippen LogP contribution in [0, 0.1) is 5.82 Å². The van der Waals surface area contributed by atoms with Crippen LogP contribution in [0.3, 0.4) is 0 Å². The van der Waals surface area contributed by atoms with Gasteiger partial charge in [0.1, 0.15) is 5.82 Å². The van der Waals surface area contributed by atoms with E-state index in [0.29, 0.717) is 10.4 Å². The van der Waals surface area contributed by atoms with Gasteiger partial charge in [-0.05, 0) is 29.1 Å². The van der Waals surface area contributed by atoms with E-state index < -0.39 is 29.3 Å². The molecule has 0 fully saturated rings. The molecule has 5 nitrogen and oxygen atoms in total. The third kappa shape index (κ3) is 3.10. The van der Waals surface area contributed by atoms with Crippen molar-refractivity contribution < 1.29 is 19.1 Å². The summed E-state index contributed by atoms with van der Waals surface area (Å²) in [5.41, 5.74) is 0.750. The molecule has 2 aromatic heterocycles. The molecule has 0 bridgehead atoms. The number of aliphatic hydroxyl groups is 1. The fourth-order valence-corrected chi connectivity index (χ4v) is 3.98. The number of carbonyl (C=O) groups is 2. The zero-order valence-corrected chi connectivity index (χ0v) is 15.4. The maximum atomic E-state index is 14.6. The Morgan fingerprint density at radius 2 is 2.00 bits per heavy atom. The summed E-state index contributed by atoms with van der Waals surface area (Å²) in [4.78, 5) is 31.6. The van der Waals surface area contributed by atoms with Crippen molar-refractivity contribution in [1.82, 2.24) is 9.88 Å². The first-order valence-electron chi connectivity index (χ1n) is 8.53. The lowest BCUT2D eigenvalue weighted by Crippen LogP contribution is -2.31. The van der Waals surface area contributed by atoms with Gasteiger partial charge in [-0.2, -0.15) is 0 Å². The summed E-state index contributed by atoms with van der Waals surface area (Å²) in [5, 5.41) is 12.3. The van der Waals surface area contributed by atoms with E-state index in [-0.39, 0.29) is 17.7 Å². The Morgan fingerprint density at radius 1 is 1.18 bits per heavy atom. The number of nitrogens with zero attached hydrogens (tertiary/aromatic N) is 2. The molecule has 0 saturated carbocycles. The lowest BCUT2D eigenvalue weighted by molar-refractivity contribution is -0.130. The van der Waals surface area contributed by atoms with Gasteiger partial charge in [-0.15, -0.1) is 11.3 Å². The fraction of sp³-hybridized carbons (Fsp3) is 0.0952. The number of hydrogen-bond donors (Lipinski definition) is 1. The molecule has 140 valence electrons. The minimum atomic E-state index is -1.02. The standard InChI is InChI=1S/C21H15FN2O3S/c22-15-7-2-1-6-14(15)18-17(19(25)16-8-4-10-28-16)20(26)21(27)24(18)12-13-5-3-9-23-11-13/h1-11,18,26H,12H2. The Balaban J connectivity index is 1.82. The molecule has 1 atom stereocenters. The summed E-state index contributed by atoms with van der Waals surface area (Å²) in [6.07, 6.45) is 3.19. The van der Waals surface area contributed by atoms with Crippen molar-refractivity contribution in [3.8, 4) is 0 Å². The SMILES string of the molecule is O=C(C1=C(O)C(=O)N(Cc2cccnc2)C1c1ccccc1F)c1cccs1. The number of pyridine rings is 1. The van der Waals surface area contributed by atoms with E-state index in [0.717, 1.165) is 0 Å². The zero-order valence-electron chi connectivity index (χ0n) is 14.6. The van der Waals surface area contributed by atoms with Gasteiger partial charge in [0.25, 0.3) is 5.91 Å². The first kappa shape index (κ1) is 18.1. The molecular formula is C21H15FN2O3S. The van der Waals surface area contributed by atoms with Gasteiger partial charge in [0.05, 0.1) is 16.5 Å². The number of aliphatic hydroxyl groups excluding tert-OH is 1. The molecule has 1 aromatic carbocycles. The number of amides is 1. The summed E-state index contributed by atoms with van der Waals surface area (Å²) in [6.45, 7) is 0.0803. The molecule has 1 aliphatic heterocycles. The molecule has 0 spiro atoms. The van der Waals surface area contributed by atoms with Crippen molar-refractivity contribution in [3.05, 3.63) is 99.5 Å². The quantitative estimate of drug-likeness (QED) is 0.663. The number of Topliss-reactive ketones (excluding diaryl/α,β-unsaturated/α-hetero) is 1. The first-order chi connectivity index (χ1) is 13.6. The van der Waals surface area contributed by atoms with Gasteiger partial charge in [0.15, 0.2) is 5.76 Å². The molecule has 1 unspecified atom stereocenters. The number of aromatic nitrogens is 1. The number of benzene rings is 1. The van der Waals surface area contributed by atoms with Crippen molar-refractivity contribution in [1.29, 1.82) is 0 Å². The van der Waals surface area contributed by atoms with Crippen LogP contribution in [0.15, 0.2) is 77.6 Å². The van der Waals surface area contributed by atoms with E-state index in [9.17, 15) is 19.1 Å². The summed E-state index contributed by atoms with van der Waals surface area (Å²) < 4.78 is 14.6. The summed E-state index contributed by atoms with van der Waals surface area (Å²) >= 11 is 1.20. The number of rotatable bonds is 5. The van der Waals surface area contributed by atoms with Crippen LogP contribution in [-0.4, -0.2) is 26.7 Å². The number of halogens is 1. The Morgan fingerprint density at radius 3 is 2.68 bits per heavy atom. The van der Waals surface area contributed by atoms with Crippen LogP contribution in [0.4, 0.5) is 4.39 Å². The van der Waals surface area contributed by atoms with Crippen molar-refractivity contribution in [2.45, 2.75) is 12.6 Å². The first-order valence-corrected chi connectivity index (χ1v) is 9.41. The van der Waals surface area contributed by atoms with Crippen molar-refractivity contribution in [2.24, 2.45) is 0 Å². The third-order valence-electron chi connectivity index (χ3n) is 4.57. The average Bonchev–Trinajstić information content (AvgIpc) is 3.32. The number of carbonyl (C=O) groups excluding carboxylic acids is 2. The van der Waals surface area contributed by atoms with E-state index in [1.54, 1.807) is 48.1 Å². The fourth-order valence-electron chi connectivity index (χ4n) is 3.30. The highest BCUT2D eigenvalue weighted by Crippen LogP contribution is 2.41. The van der Waals surface area contributed by atoms with Crippen LogP contribution < -0.4 is 0 Å². The normalized spacial score (nSPS) is 16.7. The van der Waals surface area contributed by atoms with Gasteiger partial charge in [-0.25, -0.2) is 4.39 Å². The van der Waals surface area contributed by atoms with Gasteiger partial charge in [0, 0.05) is 24.5 Å². The predicted octanol–water partition coefficient (Wildman–Crippen LogP) is 4.06. The van der Waals surface area contributed by atoms with Crippen LogP contribution >= 0.6 is 11.3 Å². The van der Waals surface area contributed by atoms with Crippen LogP contribution in [0.5, 0.6) is 0 Å². The highest BCUT2D eigenvalue weighted by molar-refractivity contribution is 7.12. The van der Waals surface area contributed by atoms with Crippen LogP contribution in [0.25, 0.3) is 0 Å². The molecule has 3 heterocycles. The molecule has 3 aromatic rings. The largest absolute Gasteiger partial charge is 0.503 e. The summed E-state index contributed by atoms with van der Waals surface area (Å²) in [5.74, 6) is -2.39. The molecule has 1 amide bonds. The molecule has 0 saturated heterocycles. The molecule has 1 aliphatic rings. The molecule has 28 heavy (non-hydrogen) atoms. The minimum absolute atomic E-state index is 0.0803. The summed E-state index contributed by atoms with van der Waals surface area (Å²) in [7, 11) is 0. The molecule has 0 radical (unpaired) electrons. The molecule has 0 aliphatic carbocycles. The van der Waals surface area contributed by atoms with Gasteiger partial charge in [0.2, 0.25) is 5.78 Å². The maximum Gasteiger partial charge on any atom is 0.290 e. The Kier molecular flexibility index (Phi) is 4.75. The average molecular weight is 394 g/mol.